The quantitative estimate of drug-likeness (QED) is 0.814. The van der Waals surface area contributed by atoms with Gasteiger partial charge < -0.3 is 15.4 Å². The van der Waals surface area contributed by atoms with E-state index in [4.69, 9.17) is 4.74 Å². The van der Waals surface area contributed by atoms with Crippen molar-refractivity contribution in [3.05, 3.63) is 29.8 Å². The van der Waals surface area contributed by atoms with Crippen molar-refractivity contribution in [3.63, 3.8) is 0 Å². The molecule has 1 aromatic rings. The zero-order valence-corrected chi connectivity index (χ0v) is 13.9. The van der Waals surface area contributed by atoms with Gasteiger partial charge in [0.05, 0.1) is 12.1 Å². The van der Waals surface area contributed by atoms with E-state index in [9.17, 15) is 4.79 Å². The molecule has 1 saturated heterocycles. The zero-order valence-electron chi connectivity index (χ0n) is 13.9. The third-order valence-corrected chi connectivity index (χ3v) is 3.93. The molecule has 22 heavy (non-hydrogen) atoms. The topological polar surface area (TPSA) is 50.4 Å². The number of carbonyl (C=O) groups excluding carboxylic acids is 1. The van der Waals surface area contributed by atoms with E-state index in [0.717, 1.165) is 38.0 Å². The summed E-state index contributed by atoms with van der Waals surface area (Å²) in [6.45, 7) is 7.08. The number of rotatable bonds is 7. The molecule has 4 nitrogen and oxygen atoms in total. The molecule has 2 atom stereocenters. The Kier molecular flexibility index (Phi) is 6.25. The minimum atomic E-state index is 0.00918. The highest BCUT2D eigenvalue weighted by atomic mass is 16.5. The Morgan fingerprint density at radius 2 is 2.05 bits per heavy atom. The average Bonchev–Trinajstić information content (AvgIpc) is 3.00. The van der Waals surface area contributed by atoms with Crippen molar-refractivity contribution in [1.29, 1.82) is 0 Å². The predicted octanol–water partition coefficient (Wildman–Crippen LogP) is 2.66. The molecule has 0 radical (unpaired) electrons. The number of hydrogen-bond acceptors (Lipinski definition) is 3. The van der Waals surface area contributed by atoms with Crippen LogP contribution < -0.4 is 15.4 Å². The van der Waals surface area contributed by atoms with Crippen LogP contribution in [0, 0.1) is 0 Å². The van der Waals surface area contributed by atoms with Gasteiger partial charge in [-0.25, -0.2) is 0 Å². The maximum atomic E-state index is 12.0. The van der Waals surface area contributed by atoms with E-state index in [2.05, 4.69) is 29.7 Å². The normalized spacial score (nSPS) is 19.2. The van der Waals surface area contributed by atoms with E-state index in [1.807, 2.05) is 26.0 Å². The lowest BCUT2D eigenvalue weighted by Gasteiger charge is -2.17. The lowest BCUT2D eigenvalue weighted by Crippen LogP contribution is -2.44. The summed E-state index contributed by atoms with van der Waals surface area (Å²) in [4.78, 5) is 12.0. The highest BCUT2D eigenvalue weighted by molar-refractivity contribution is 5.82. The number of amides is 1. The van der Waals surface area contributed by atoms with Gasteiger partial charge >= 0.3 is 0 Å². The third kappa shape index (κ3) is 5.34. The molecule has 0 bridgehead atoms. The molecule has 1 aliphatic heterocycles. The Bertz CT molecular complexity index is 464. The van der Waals surface area contributed by atoms with Gasteiger partial charge in [0.1, 0.15) is 5.75 Å². The fourth-order valence-corrected chi connectivity index (χ4v) is 2.71. The lowest BCUT2D eigenvalue weighted by atomic mass is 10.1. The van der Waals surface area contributed by atoms with Gasteiger partial charge in [-0.2, -0.15) is 0 Å². The van der Waals surface area contributed by atoms with Gasteiger partial charge in [0.2, 0.25) is 5.91 Å². The Morgan fingerprint density at radius 1 is 1.32 bits per heavy atom. The molecule has 0 aliphatic carbocycles. The number of ether oxygens (including phenoxy) is 1. The van der Waals surface area contributed by atoms with Crippen molar-refractivity contribution >= 4 is 5.91 Å². The van der Waals surface area contributed by atoms with Crippen molar-refractivity contribution < 1.29 is 9.53 Å². The van der Waals surface area contributed by atoms with Gasteiger partial charge in [0.25, 0.3) is 0 Å². The summed E-state index contributed by atoms with van der Waals surface area (Å²) in [5.41, 5.74) is 1.27. The van der Waals surface area contributed by atoms with Gasteiger partial charge in [0, 0.05) is 6.04 Å². The molecule has 2 rings (SSSR count). The van der Waals surface area contributed by atoms with Crippen LogP contribution >= 0.6 is 0 Å². The maximum Gasteiger partial charge on any atom is 0.237 e. The summed E-state index contributed by atoms with van der Waals surface area (Å²) >= 11 is 0. The first-order chi connectivity index (χ1) is 10.5. The number of benzene rings is 1. The van der Waals surface area contributed by atoms with Crippen LogP contribution in [0.3, 0.4) is 0 Å². The maximum absolute atomic E-state index is 12.0. The Labute approximate surface area is 133 Å². The minimum absolute atomic E-state index is 0.00918. The van der Waals surface area contributed by atoms with Crippen LogP contribution in [0.25, 0.3) is 0 Å². The van der Waals surface area contributed by atoms with Crippen molar-refractivity contribution in [1.82, 2.24) is 10.6 Å². The first-order valence-electron chi connectivity index (χ1n) is 8.34. The first-order valence-corrected chi connectivity index (χ1v) is 8.34. The molecule has 4 heteroatoms. The highest BCUT2D eigenvalue weighted by Crippen LogP contribution is 2.15. The second kappa shape index (κ2) is 8.18. The van der Waals surface area contributed by atoms with Gasteiger partial charge in [-0.05, 0) is 70.7 Å². The molecule has 1 aliphatic rings. The predicted molar refractivity (Wildman–Crippen MR) is 89.2 cm³/mol. The van der Waals surface area contributed by atoms with E-state index in [0.29, 0.717) is 0 Å². The average molecular weight is 304 g/mol. The summed E-state index contributed by atoms with van der Waals surface area (Å²) in [7, 11) is 0. The molecule has 0 saturated carbocycles. The van der Waals surface area contributed by atoms with Crippen molar-refractivity contribution in [2.45, 2.75) is 64.6 Å². The molecule has 2 N–H and O–H groups in total. The van der Waals surface area contributed by atoms with Gasteiger partial charge in [-0.3, -0.25) is 4.79 Å². The van der Waals surface area contributed by atoms with Gasteiger partial charge in [-0.1, -0.05) is 12.1 Å². The second-order valence-electron chi connectivity index (χ2n) is 6.41. The Morgan fingerprint density at radius 3 is 2.64 bits per heavy atom. The summed E-state index contributed by atoms with van der Waals surface area (Å²) in [6, 6.07) is 8.44. The van der Waals surface area contributed by atoms with E-state index in [-0.39, 0.29) is 24.1 Å². The monoisotopic (exact) mass is 304 g/mol. The molecule has 122 valence electrons. The molecular weight excluding hydrogens is 276 g/mol. The number of hydrogen-bond donors (Lipinski definition) is 2. The van der Waals surface area contributed by atoms with Crippen LogP contribution in [-0.4, -0.2) is 30.6 Å². The van der Waals surface area contributed by atoms with Crippen LogP contribution in [0.4, 0.5) is 0 Å². The third-order valence-electron chi connectivity index (χ3n) is 3.93. The van der Waals surface area contributed by atoms with Crippen LogP contribution in [0.2, 0.25) is 0 Å². The minimum Gasteiger partial charge on any atom is -0.491 e. The molecule has 0 aromatic heterocycles. The van der Waals surface area contributed by atoms with E-state index in [1.165, 1.54) is 5.56 Å². The van der Waals surface area contributed by atoms with E-state index in [1.54, 1.807) is 0 Å². The van der Waals surface area contributed by atoms with Crippen LogP contribution in [0.15, 0.2) is 24.3 Å². The molecule has 2 unspecified atom stereocenters. The molecule has 1 heterocycles. The summed E-state index contributed by atoms with van der Waals surface area (Å²) in [5.74, 6) is 1.05. The van der Waals surface area contributed by atoms with Gasteiger partial charge in [-0.15, -0.1) is 0 Å². The van der Waals surface area contributed by atoms with Crippen LogP contribution in [0.5, 0.6) is 5.75 Å². The summed E-state index contributed by atoms with van der Waals surface area (Å²) in [6.07, 6.45) is 4.16. The number of carbonyl (C=O) groups is 1. The zero-order chi connectivity index (χ0) is 15.9. The highest BCUT2D eigenvalue weighted by Gasteiger charge is 2.22. The molecule has 1 fully saturated rings. The Hall–Kier alpha value is -1.55. The van der Waals surface area contributed by atoms with Crippen molar-refractivity contribution in [3.8, 4) is 5.75 Å². The van der Waals surface area contributed by atoms with Crippen molar-refractivity contribution in [2.24, 2.45) is 0 Å². The fraction of sp³-hybridized carbons (Fsp3) is 0.611. The summed E-state index contributed by atoms with van der Waals surface area (Å²) < 4.78 is 5.64. The van der Waals surface area contributed by atoms with E-state index < -0.39 is 0 Å². The van der Waals surface area contributed by atoms with Crippen LogP contribution in [-0.2, 0) is 11.2 Å². The molecule has 0 spiro atoms. The van der Waals surface area contributed by atoms with Crippen LogP contribution in [0.1, 0.15) is 45.6 Å². The Balaban J connectivity index is 1.73. The number of nitrogens with one attached hydrogen (secondary N) is 2. The molecular formula is C18H28N2O2. The smallest absolute Gasteiger partial charge is 0.237 e. The fourth-order valence-electron chi connectivity index (χ4n) is 2.71. The van der Waals surface area contributed by atoms with E-state index >= 15 is 0 Å². The van der Waals surface area contributed by atoms with Gasteiger partial charge in [0.15, 0.2) is 0 Å². The SMILES string of the molecule is CC(CCc1ccc(OC(C)C)cc1)NC(=O)C1CCCN1. The molecule has 1 amide bonds. The first kappa shape index (κ1) is 16.8. The number of aryl methyl sites for hydroxylation is 1. The second-order valence-corrected chi connectivity index (χ2v) is 6.41. The lowest BCUT2D eigenvalue weighted by molar-refractivity contribution is -0.123. The largest absolute Gasteiger partial charge is 0.491 e. The standard InChI is InChI=1S/C18H28N2O2/c1-13(2)22-16-10-8-15(9-11-16)7-6-14(3)20-18(21)17-5-4-12-19-17/h8-11,13-14,17,19H,4-7,12H2,1-3H3,(H,20,21). The van der Waals surface area contributed by atoms with Crippen molar-refractivity contribution in [2.75, 3.05) is 6.54 Å². The summed E-state index contributed by atoms with van der Waals surface area (Å²) in [5, 5.41) is 6.33. The molecule has 1 aromatic carbocycles.